The minimum atomic E-state index is -0.969. The molecule has 0 aliphatic carbocycles. The number of rotatable bonds is 5. The van der Waals surface area contributed by atoms with E-state index in [0.29, 0.717) is 12.4 Å². The molecule has 1 aliphatic heterocycles. The molecule has 27 heavy (non-hydrogen) atoms. The number of halogens is 2. The summed E-state index contributed by atoms with van der Waals surface area (Å²) in [5.41, 5.74) is 2.03. The molecule has 0 atom stereocenters. The highest BCUT2D eigenvalue weighted by Crippen LogP contribution is 2.30. The minimum absolute atomic E-state index is 0.193. The Morgan fingerprint density at radius 2 is 1.70 bits per heavy atom. The summed E-state index contributed by atoms with van der Waals surface area (Å²) in [6.07, 6.45) is 1.60. The molecule has 0 spiro atoms. The first-order chi connectivity index (χ1) is 12.8. The maximum atomic E-state index is 11.6. The fraction of sp³-hybridized carbons (Fsp3) is 0.0556. The Balaban J connectivity index is 1.75. The van der Waals surface area contributed by atoms with E-state index in [2.05, 4.69) is 55.8 Å². The Hall–Kier alpha value is -2.15. The Morgan fingerprint density at radius 1 is 1.07 bits per heavy atom. The molecule has 2 aromatic rings. The summed E-state index contributed by atoms with van der Waals surface area (Å²) in [6, 6.07) is 9.64. The van der Waals surface area contributed by atoms with Crippen molar-refractivity contribution >= 4 is 69.2 Å². The highest BCUT2D eigenvalue weighted by molar-refractivity contribution is 14.1. The molecule has 0 radical (unpaired) electrons. The lowest BCUT2D eigenvalue weighted by Crippen LogP contribution is -2.22. The van der Waals surface area contributed by atoms with Gasteiger partial charge in [0.05, 0.1) is 12.7 Å². The average molecular weight is 590 g/mol. The molecule has 7 nitrogen and oxygen atoms in total. The normalized spacial score (nSPS) is 14.8. The van der Waals surface area contributed by atoms with Gasteiger partial charge in [-0.05, 0) is 86.7 Å². The minimum Gasteiger partial charge on any atom is -0.487 e. The van der Waals surface area contributed by atoms with Crippen LogP contribution in [0.15, 0.2) is 42.1 Å². The summed E-state index contributed by atoms with van der Waals surface area (Å²) in [4.78, 5) is 33.7. The number of hydrogen-bond donors (Lipinski definition) is 3. The molecular weight excluding hydrogens is 578 g/mol. The van der Waals surface area contributed by atoms with Gasteiger partial charge in [-0.1, -0.05) is 12.1 Å². The Kier molecular flexibility index (Phi) is 5.99. The van der Waals surface area contributed by atoms with Crippen LogP contribution in [0.3, 0.4) is 0 Å². The summed E-state index contributed by atoms with van der Waals surface area (Å²) < 4.78 is 7.58. The second kappa shape index (κ2) is 8.25. The first-order valence-electron chi connectivity index (χ1n) is 7.61. The van der Waals surface area contributed by atoms with E-state index < -0.39 is 17.9 Å². The van der Waals surface area contributed by atoms with Crippen LogP contribution < -0.4 is 15.4 Å². The number of urea groups is 1. The highest BCUT2D eigenvalue weighted by Gasteiger charge is 2.23. The third kappa shape index (κ3) is 4.77. The fourth-order valence-corrected chi connectivity index (χ4v) is 4.48. The molecule has 1 aliphatic rings. The zero-order valence-corrected chi connectivity index (χ0v) is 17.9. The molecule has 138 valence electrons. The molecule has 3 amide bonds. The van der Waals surface area contributed by atoms with Crippen molar-refractivity contribution < 1.29 is 24.2 Å². The zero-order valence-electron chi connectivity index (χ0n) is 13.6. The molecule has 0 unspecified atom stereocenters. The molecule has 3 rings (SSSR count). The van der Waals surface area contributed by atoms with Crippen LogP contribution in [0.4, 0.5) is 4.79 Å². The Morgan fingerprint density at radius 3 is 2.22 bits per heavy atom. The Bertz CT molecular complexity index is 947. The first kappa shape index (κ1) is 19.6. The quantitative estimate of drug-likeness (QED) is 0.282. The molecule has 1 fully saturated rings. The van der Waals surface area contributed by atoms with E-state index in [1.54, 1.807) is 18.2 Å². The van der Waals surface area contributed by atoms with Crippen molar-refractivity contribution in [3.63, 3.8) is 0 Å². The lowest BCUT2D eigenvalue weighted by atomic mass is 10.1. The van der Waals surface area contributed by atoms with Crippen molar-refractivity contribution in [1.82, 2.24) is 10.6 Å². The van der Waals surface area contributed by atoms with Crippen LogP contribution in [0, 0.1) is 7.14 Å². The van der Waals surface area contributed by atoms with Gasteiger partial charge >= 0.3 is 12.0 Å². The van der Waals surface area contributed by atoms with Gasteiger partial charge in [0.15, 0.2) is 0 Å². The molecule has 0 aromatic heterocycles. The van der Waals surface area contributed by atoms with E-state index in [1.807, 2.05) is 12.1 Å². The second-order valence-corrected chi connectivity index (χ2v) is 7.90. The molecule has 9 heteroatoms. The summed E-state index contributed by atoms with van der Waals surface area (Å²) in [5, 5.41) is 13.5. The van der Waals surface area contributed by atoms with Gasteiger partial charge in [0.2, 0.25) is 0 Å². The number of carbonyl (C=O) groups is 3. The number of benzene rings is 2. The van der Waals surface area contributed by atoms with E-state index in [1.165, 1.54) is 12.1 Å². The Labute approximate surface area is 181 Å². The summed E-state index contributed by atoms with van der Waals surface area (Å²) in [6.45, 7) is 0.296. The van der Waals surface area contributed by atoms with E-state index in [4.69, 9.17) is 9.84 Å². The van der Waals surface area contributed by atoms with Gasteiger partial charge in [-0.3, -0.25) is 10.1 Å². The molecule has 0 saturated carbocycles. The third-order valence-electron chi connectivity index (χ3n) is 3.64. The molecule has 1 saturated heterocycles. The van der Waals surface area contributed by atoms with Crippen molar-refractivity contribution in [3.8, 4) is 5.75 Å². The summed E-state index contributed by atoms with van der Waals surface area (Å²) in [5.74, 6) is -0.737. The predicted molar refractivity (Wildman–Crippen MR) is 114 cm³/mol. The first-order valence-corrected chi connectivity index (χ1v) is 9.77. The number of nitrogens with one attached hydrogen (secondary N) is 2. The van der Waals surface area contributed by atoms with Gasteiger partial charge < -0.3 is 15.2 Å². The number of hydrogen-bond acceptors (Lipinski definition) is 4. The fourth-order valence-electron chi connectivity index (χ4n) is 2.35. The lowest BCUT2D eigenvalue weighted by Gasteiger charge is -2.12. The zero-order chi connectivity index (χ0) is 19.6. The number of aromatic carboxylic acids is 1. The van der Waals surface area contributed by atoms with Crippen LogP contribution in [-0.4, -0.2) is 23.0 Å². The van der Waals surface area contributed by atoms with E-state index in [9.17, 15) is 14.4 Å². The van der Waals surface area contributed by atoms with Crippen molar-refractivity contribution in [3.05, 3.63) is 65.9 Å². The van der Waals surface area contributed by atoms with Crippen molar-refractivity contribution in [2.24, 2.45) is 0 Å². The van der Waals surface area contributed by atoms with Gasteiger partial charge in [0, 0.05) is 0 Å². The average Bonchev–Trinajstić information content (AvgIpc) is 2.91. The van der Waals surface area contributed by atoms with Gasteiger partial charge in [0.1, 0.15) is 18.1 Å². The third-order valence-corrected chi connectivity index (χ3v) is 5.24. The SMILES string of the molecule is O=C1NC(=O)/C(=C\c2cc(I)c(OCc3ccc(C(=O)O)cc3)c(I)c2)N1. The number of imide groups is 1. The maximum absolute atomic E-state index is 11.6. The predicted octanol–water partition coefficient (Wildman–Crippen LogP) is 3.35. The monoisotopic (exact) mass is 590 g/mol. The highest BCUT2D eigenvalue weighted by atomic mass is 127. The van der Waals surface area contributed by atoms with Crippen LogP contribution >= 0.6 is 45.2 Å². The van der Waals surface area contributed by atoms with Crippen LogP contribution in [0.1, 0.15) is 21.5 Å². The second-order valence-electron chi connectivity index (χ2n) is 5.57. The molecule has 0 bridgehead atoms. The van der Waals surface area contributed by atoms with E-state index >= 15 is 0 Å². The van der Waals surface area contributed by atoms with Crippen LogP contribution in [0.25, 0.3) is 6.08 Å². The van der Waals surface area contributed by atoms with Gasteiger partial charge in [-0.15, -0.1) is 0 Å². The van der Waals surface area contributed by atoms with Crippen molar-refractivity contribution in [1.29, 1.82) is 0 Å². The standard InChI is InChI=1S/C18H12I2N2O5/c19-12-5-10(7-14-16(23)22-18(26)21-14)6-13(20)15(12)27-8-9-1-3-11(4-2-9)17(24)25/h1-7H,8H2,(H,24,25)(H2,21,22,23,26)/b14-7+. The molecule has 3 N–H and O–H groups in total. The number of carboxylic acid groups (broad SMARTS) is 1. The van der Waals surface area contributed by atoms with Gasteiger partial charge in [0.25, 0.3) is 5.91 Å². The number of carboxylic acids is 1. The summed E-state index contributed by atoms with van der Waals surface area (Å²) in [7, 11) is 0. The van der Waals surface area contributed by atoms with Gasteiger partial charge in [-0.25, -0.2) is 9.59 Å². The van der Waals surface area contributed by atoms with Crippen LogP contribution in [0.5, 0.6) is 5.75 Å². The molecular formula is C18H12I2N2O5. The number of ether oxygens (including phenoxy) is 1. The van der Waals surface area contributed by atoms with Gasteiger partial charge in [-0.2, -0.15) is 0 Å². The number of carbonyl (C=O) groups excluding carboxylic acids is 2. The van der Waals surface area contributed by atoms with Crippen LogP contribution in [0.2, 0.25) is 0 Å². The van der Waals surface area contributed by atoms with E-state index in [0.717, 1.165) is 18.3 Å². The number of amides is 3. The molecule has 1 heterocycles. The molecule has 2 aromatic carbocycles. The van der Waals surface area contributed by atoms with Crippen LogP contribution in [-0.2, 0) is 11.4 Å². The summed E-state index contributed by atoms with van der Waals surface area (Å²) >= 11 is 4.28. The van der Waals surface area contributed by atoms with E-state index in [-0.39, 0.29) is 11.3 Å². The maximum Gasteiger partial charge on any atom is 0.335 e. The smallest absolute Gasteiger partial charge is 0.335 e. The largest absolute Gasteiger partial charge is 0.487 e. The van der Waals surface area contributed by atoms with Crippen molar-refractivity contribution in [2.75, 3.05) is 0 Å². The topological polar surface area (TPSA) is 105 Å². The van der Waals surface area contributed by atoms with Crippen molar-refractivity contribution in [2.45, 2.75) is 6.61 Å². The lowest BCUT2D eigenvalue weighted by molar-refractivity contribution is -0.115.